The fourth-order valence-electron chi connectivity index (χ4n) is 7.75. The fraction of sp³-hybridized carbons (Fsp3) is 0.632. The van der Waals surface area contributed by atoms with Gasteiger partial charge in [0.2, 0.25) is 17.4 Å². The van der Waals surface area contributed by atoms with Crippen LogP contribution in [-0.4, -0.2) is 205 Å². The SMILES string of the molecule is CCCN(Cc1ccc(CN(C)CCOCCOCCOCCOCCOCCOCCOCCOCCOCCOCCC(=O)Oc2c(F)c(F)cc(F)c2F)cc1)C(=O)C1=Cc2sc(CCCCCN(C)C)cc2N=C(N)C1. The van der Waals surface area contributed by atoms with E-state index in [0.717, 1.165) is 55.0 Å². The van der Waals surface area contributed by atoms with E-state index in [-0.39, 0.29) is 31.8 Å². The Kier molecular flexibility index (Phi) is 35.3. The van der Waals surface area contributed by atoms with Gasteiger partial charge in [0.25, 0.3) is 5.91 Å². The molecule has 2 aromatic carbocycles. The van der Waals surface area contributed by atoms with E-state index in [1.54, 1.807) is 11.3 Å². The molecule has 1 amide bonds. The number of nitrogens with zero attached hydrogens (tertiary/aromatic N) is 4. The third kappa shape index (κ3) is 29.0. The highest BCUT2D eigenvalue weighted by Gasteiger charge is 2.24. The Bertz CT molecular complexity index is 2240. The number of unbranched alkanes of at least 4 members (excludes halogenated alkanes) is 2. The highest BCUT2D eigenvalue weighted by Crippen LogP contribution is 2.36. The summed E-state index contributed by atoms with van der Waals surface area (Å²) >= 11 is 1.72. The number of hydrogen-bond donors (Lipinski definition) is 1. The zero-order chi connectivity index (χ0) is 57.6. The molecule has 450 valence electrons. The zero-order valence-corrected chi connectivity index (χ0v) is 48.1. The van der Waals surface area contributed by atoms with E-state index in [1.807, 2.05) is 11.0 Å². The molecular weight excluding hydrogens is 1070 g/mol. The van der Waals surface area contributed by atoms with Gasteiger partial charge in [-0.2, -0.15) is 8.78 Å². The minimum atomic E-state index is -1.80. The van der Waals surface area contributed by atoms with Gasteiger partial charge in [-0.1, -0.05) is 37.6 Å². The number of thiophene rings is 1. The van der Waals surface area contributed by atoms with Crippen molar-refractivity contribution in [1.82, 2.24) is 14.7 Å². The predicted octanol–water partition coefficient (Wildman–Crippen LogP) is 7.39. The quantitative estimate of drug-likeness (QED) is 0.0194. The van der Waals surface area contributed by atoms with E-state index in [1.165, 1.54) is 23.3 Å². The first kappa shape index (κ1) is 68.0. The number of amides is 1. The van der Waals surface area contributed by atoms with E-state index in [4.69, 9.17) is 58.1 Å². The van der Waals surface area contributed by atoms with Crippen LogP contribution in [0.5, 0.6) is 5.75 Å². The molecule has 0 bridgehead atoms. The highest BCUT2D eigenvalue weighted by atomic mass is 32.1. The lowest BCUT2D eigenvalue weighted by Crippen LogP contribution is -2.33. The third-order valence-corrected chi connectivity index (χ3v) is 13.0. The van der Waals surface area contributed by atoms with Crippen LogP contribution in [0.3, 0.4) is 0 Å². The lowest BCUT2D eigenvalue weighted by atomic mass is 10.1. The molecule has 2 heterocycles. The van der Waals surface area contributed by atoms with E-state index in [9.17, 15) is 27.2 Å². The molecule has 2 N–H and O–H groups in total. The first-order valence-corrected chi connectivity index (χ1v) is 28.3. The summed E-state index contributed by atoms with van der Waals surface area (Å²) in [6, 6.07) is 10.6. The summed E-state index contributed by atoms with van der Waals surface area (Å²) in [5, 5.41) is 0. The zero-order valence-electron chi connectivity index (χ0n) is 47.3. The highest BCUT2D eigenvalue weighted by molar-refractivity contribution is 7.13. The number of carbonyl (C=O) groups is 2. The first-order valence-electron chi connectivity index (χ1n) is 27.5. The first-order chi connectivity index (χ1) is 38.8. The molecule has 1 aliphatic heterocycles. The number of halogens is 4. The molecule has 1 aromatic heterocycles. The third-order valence-electron chi connectivity index (χ3n) is 11.9. The van der Waals surface area contributed by atoms with Gasteiger partial charge in [0, 0.05) is 49.1 Å². The number of likely N-dealkylation sites (N-methyl/N-ethyl adjacent to an activating group) is 1. The lowest BCUT2D eigenvalue weighted by molar-refractivity contribution is -0.136. The number of amidine groups is 1. The maximum atomic E-state index is 14.0. The van der Waals surface area contributed by atoms with Crippen molar-refractivity contribution in [3.05, 3.63) is 86.1 Å². The largest absolute Gasteiger partial charge is 0.420 e. The van der Waals surface area contributed by atoms with Crippen molar-refractivity contribution in [1.29, 1.82) is 0 Å². The normalized spacial score (nSPS) is 12.5. The molecule has 1 aliphatic rings. The Morgan fingerprint density at radius 3 is 1.52 bits per heavy atom. The van der Waals surface area contributed by atoms with Gasteiger partial charge in [0.15, 0.2) is 11.6 Å². The molecule has 4 rings (SSSR count). The van der Waals surface area contributed by atoms with Gasteiger partial charge >= 0.3 is 5.97 Å². The van der Waals surface area contributed by atoms with Gasteiger partial charge in [-0.25, -0.2) is 13.8 Å². The number of aryl methyl sites for hydroxylation is 1. The monoisotopic (exact) mass is 1160 g/mol. The molecule has 0 saturated carbocycles. The van der Waals surface area contributed by atoms with E-state index in [2.05, 4.69) is 72.9 Å². The summed E-state index contributed by atoms with van der Waals surface area (Å²) in [6.07, 6.45) is 7.32. The number of fused-ring (bicyclic) bond motifs is 1. The van der Waals surface area contributed by atoms with Crippen molar-refractivity contribution in [2.24, 2.45) is 10.7 Å². The van der Waals surface area contributed by atoms with Crippen LogP contribution in [-0.2, 0) is 76.5 Å². The number of benzene rings is 2. The van der Waals surface area contributed by atoms with Crippen LogP contribution >= 0.6 is 11.3 Å². The smallest absolute Gasteiger partial charge is 0.313 e. The summed E-state index contributed by atoms with van der Waals surface area (Å²) in [5.41, 5.74) is 10.2. The van der Waals surface area contributed by atoms with Crippen molar-refractivity contribution in [2.75, 3.05) is 173 Å². The standard InChI is InChI=1S/C57H85F4N5O13S/c1-5-15-66(57(68)46-38-51-50(63-52(62)39-46)40-47(80-51)9-7-6-8-16-64(2)3)43-45-12-10-44(11-13-45)42-65(4)17-19-70-21-23-72-25-27-74-29-31-76-33-35-78-37-36-77-34-32-75-30-28-73-26-24-71-22-20-69-18-14-53(67)79-56-54(60)48(58)41-49(59)55(56)61/h10-13,38,40-41H,5-9,14-37,39,42-43H2,1-4H3,(H2,62,63). The van der Waals surface area contributed by atoms with Crippen LogP contribution in [0.1, 0.15) is 66.3 Å². The molecule has 3 aromatic rings. The van der Waals surface area contributed by atoms with Gasteiger partial charge in [-0.3, -0.25) is 14.5 Å². The van der Waals surface area contributed by atoms with Crippen molar-refractivity contribution in [2.45, 2.75) is 65.0 Å². The van der Waals surface area contributed by atoms with Gasteiger partial charge in [0.1, 0.15) is 5.84 Å². The second-order valence-electron chi connectivity index (χ2n) is 19.0. The molecule has 0 radical (unpaired) electrons. The van der Waals surface area contributed by atoms with Crippen molar-refractivity contribution in [3.63, 3.8) is 0 Å². The molecule has 0 spiro atoms. The van der Waals surface area contributed by atoms with Crippen LogP contribution in [0.25, 0.3) is 6.08 Å². The Morgan fingerprint density at radius 1 is 0.588 bits per heavy atom. The molecule has 80 heavy (non-hydrogen) atoms. The van der Waals surface area contributed by atoms with Gasteiger partial charge in [-0.05, 0) is 76.6 Å². The Hall–Kier alpha value is -4.47. The van der Waals surface area contributed by atoms with Crippen molar-refractivity contribution in [3.8, 4) is 5.75 Å². The van der Waals surface area contributed by atoms with Crippen LogP contribution in [0.2, 0.25) is 0 Å². The number of nitrogens with two attached hydrogens (primary N) is 1. The van der Waals surface area contributed by atoms with Crippen LogP contribution in [0, 0.1) is 23.3 Å². The van der Waals surface area contributed by atoms with Gasteiger partial charge < -0.3 is 67.6 Å². The van der Waals surface area contributed by atoms with Gasteiger partial charge in [-0.15, -0.1) is 11.3 Å². The number of esters is 1. The molecule has 0 unspecified atom stereocenters. The molecule has 0 fully saturated rings. The Morgan fingerprint density at radius 2 is 1.05 bits per heavy atom. The topological polar surface area (TPSA) is 184 Å². The van der Waals surface area contributed by atoms with Crippen LogP contribution < -0.4 is 10.5 Å². The molecule has 0 saturated heterocycles. The summed E-state index contributed by atoms with van der Waals surface area (Å²) in [5.74, 6) is -9.02. The maximum Gasteiger partial charge on any atom is 0.313 e. The average molecular weight is 1160 g/mol. The summed E-state index contributed by atoms with van der Waals surface area (Å²) in [7, 11) is 6.29. The molecule has 23 heteroatoms. The number of hydrogen-bond acceptors (Lipinski definition) is 18. The van der Waals surface area contributed by atoms with E-state index in [0.29, 0.717) is 143 Å². The fourth-order valence-corrected chi connectivity index (χ4v) is 8.86. The van der Waals surface area contributed by atoms with E-state index < -0.39 is 41.4 Å². The Labute approximate surface area is 473 Å². The van der Waals surface area contributed by atoms with E-state index >= 15 is 0 Å². The minimum Gasteiger partial charge on any atom is -0.420 e. The average Bonchev–Trinajstić information content (AvgIpc) is 3.74. The van der Waals surface area contributed by atoms with Crippen LogP contribution in [0.15, 0.2) is 47.0 Å². The minimum absolute atomic E-state index is 0.00897. The predicted molar refractivity (Wildman–Crippen MR) is 298 cm³/mol. The number of aliphatic imine (C=N–C) groups is 1. The molecule has 0 aliphatic carbocycles. The number of ether oxygens (including phenoxy) is 11. The second kappa shape index (κ2) is 41.5. The van der Waals surface area contributed by atoms with Gasteiger partial charge in [0.05, 0.1) is 149 Å². The Balaban J connectivity index is 0.874. The second-order valence-corrected chi connectivity index (χ2v) is 20.1. The summed E-state index contributed by atoms with van der Waals surface area (Å²) in [4.78, 5) is 39.1. The number of rotatable bonds is 47. The van der Waals surface area contributed by atoms with Crippen molar-refractivity contribution < 1.29 is 79.3 Å². The lowest BCUT2D eigenvalue weighted by Gasteiger charge is -2.24. The molecule has 18 nitrogen and oxygen atoms in total. The maximum absolute atomic E-state index is 14.0. The number of carbonyl (C=O) groups excluding carboxylic acids is 2. The molecule has 0 atom stereocenters. The van der Waals surface area contributed by atoms with Crippen molar-refractivity contribution >= 4 is 40.8 Å². The molecular formula is C57H85F4N5O13S. The van der Waals surface area contributed by atoms with Crippen LogP contribution in [0.4, 0.5) is 23.2 Å². The summed E-state index contributed by atoms with van der Waals surface area (Å²) in [6.45, 7) is 13.5. The summed E-state index contributed by atoms with van der Waals surface area (Å²) < 4.78 is 113.